The van der Waals surface area contributed by atoms with E-state index in [9.17, 15) is 4.79 Å². The Morgan fingerprint density at radius 2 is 2.25 bits per heavy atom. The number of benzene rings is 1. The Hall–Kier alpha value is -0.791. The third-order valence-corrected chi connectivity index (χ3v) is 3.33. The van der Waals surface area contributed by atoms with Gasteiger partial charge in [-0.05, 0) is 0 Å². The second-order valence-electron chi connectivity index (χ2n) is 2.20. The molecule has 0 aliphatic heterocycles. The summed E-state index contributed by atoms with van der Waals surface area (Å²) in [5.41, 5.74) is 0.747. The quantitative estimate of drug-likeness (QED) is 0.568. The van der Waals surface area contributed by atoms with Crippen LogP contribution >= 0.6 is 0 Å². The Balaban J connectivity index is 3.21. The molecule has 0 heterocycles. The maximum absolute atomic E-state index is 10.6. The van der Waals surface area contributed by atoms with Gasteiger partial charge in [0.25, 0.3) is 0 Å². The van der Waals surface area contributed by atoms with Crippen LogP contribution in [0.2, 0.25) is 5.82 Å². The third kappa shape index (κ3) is 1.68. The van der Waals surface area contributed by atoms with Crippen molar-refractivity contribution in [2.45, 2.75) is 5.82 Å². The van der Waals surface area contributed by atoms with Gasteiger partial charge in [-0.15, -0.1) is 0 Å². The maximum atomic E-state index is 10.6. The zero-order chi connectivity index (χ0) is 8.97. The molecule has 0 aromatic heterocycles. The van der Waals surface area contributed by atoms with Crippen molar-refractivity contribution in [3.8, 4) is 5.75 Å². The van der Waals surface area contributed by atoms with Crippen LogP contribution in [0.15, 0.2) is 18.2 Å². The van der Waals surface area contributed by atoms with Gasteiger partial charge in [0.1, 0.15) is 0 Å². The van der Waals surface area contributed by atoms with E-state index in [2.05, 4.69) is 5.82 Å². The van der Waals surface area contributed by atoms with Crippen molar-refractivity contribution in [3.63, 3.8) is 0 Å². The Labute approximate surface area is 78.1 Å². The van der Waals surface area contributed by atoms with Crippen molar-refractivity contribution >= 4 is 25.7 Å². The number of methoxy groups -OCH3 is 1. The third-order valence-electron chi connectivity index (χ3n) is 1.56. The molecule has 0 radical (unpaired) electrons. The summed E-state index contributed by atoms with van der Waals surface area (Å²) in [5.74, 6) is 2.89. The summed E-state index contributed by atoms with van der Waals surface area (Å²) in [6.45, 7) is 0. The zero-order valence-corrected chi connectivity index (χ0v) is 8.75. The summed E-state index contributed by atoms with van der Waals surface area (Å²) in [6.07, 6.45) is 0.878. The van der Waals surface area contributed by atoms with Crippen molar-refractivity contribution in [2.24, 2.45) is 0 Å². The van der Waals surface area contributed by atoms with Crippen LogP contribution in [-0.2, 0) is 0 Å². The molecule has 0 bridgehead atoms. The topological polar surface area (TPSA) is 26.3 Å². The first-order valence-electron chi connectivity index (χ1n) is 3.49. The van der Waals surface area contributed by atoms with Gasteiger partial charge in [-0.3, -0.25) is 0 Å². The van der Waals surface area contributed by atoms with E-state index < -0.39 is 0 Å². The molecule has 0 fully saturated rings. The van der Waals surface area contributed by atoms with Crippen LogP contribution in [0.25, 0.3) is 0 Å². The Morgan fingerprint density at radius 1 is 1.50 bits per heavy atom. The molecule has 3 heteroatoms. The summed E-state index contributed by atoms with van der Waals surface area (Å²) in [4.78, 5) is 10.6. The Morgan fingerprint density at radius 3 is 2.75 bits per heavy atom. The summed E-state index contributed by atoms with van der Waals surface area (Å²) in [7, 11) is 1.62. The molecule has 0 spiro atoms. The molecule has 12 heavy (non-hydrogen) atoms. The molecule has 0 aliphatic rings. The van der Waals surface area contributed by atoms with Crippen molar-refractivity contribution in [1.29, 1.82) is 0 Å². The van der Waals surface area contributed by atoms with Crippen molar-refractivity contribution in [1.82, 2.24) is 0 Å². The van der Waals surface area contributed by atoms with Gasteiger partial charge in [0.2, 0.25) is 0 Å². The van der Waals surface area contributed by atoms with Crippen LogP contribution < -0.4 is 9.20 Å². The van der Waals surface area contributed by atoms with Gasteiger partial charge in [-0.1, -0.05) is 0 Å². The van der Waals surface area contributed by atoms with E-state index in [1.807, 2.05) is 18.2 Å². The second kappa shape index (κ2) is 4.29. The van der Waals surface area contributed by atoms with E-state index in [1.54, 1.807) is 7.11 Å². The summed E-state index contributed by atoms with van der Waals surface area (Å²) in [5, 5.41) is 0. The standard InChI is InChI=1S/C9H10O2Se/c1-11-8-5-3-4-7(6-10)9(8)12-2/h3-6H,1-2H3. The molecule has 0 saturated carbocycles. The first-order chi connectivity index (χ1) is 5.83. The monoisotopic (exact) mass is 230 g/mol. The fourth-order valence-electron chi connectivity index (χ4n) is 1.00. The van der Waals surface area contributed by atoms with E-state index in [0.29, 0.717) is 15.0 Å². The van der Waals surface area contributed by atoms with Crippen LogP contribution in [0.5, 0.6) is 5.75 Å². The number of rotatable bonds is 3. The summed E-state index contributed by atoms with van der Waals surface area (Å²) < 4.78 is 6.18. The number of carbonyl (C=O) groups excluding carboxylic acids is 1. The number of hydrogen-bond donors (Lipinski definition) is 0. The molecule has 2 nitrogen and oxygen atoms in total. The van der Waals surface area contributed by atoms with Crippen LogP contribution in [0, 0.1) is 0 Å². The molecule has 0 atom stereocenters. The molecular formula is C9H10O2Se. The van der Waals surface area contributed by atoms with Gasteiger partial charge in [0, 0.05) is 0 Å². The van der Waals surface area contributed by atoms with Crippen molar-refractivity contribution in [3.05, 3.63) is 23.8 Å². The molecule has 0 amide bonds. The van der Waals surface area contributed by atoms with Gasteiger partial charge in [0.05, 0.1) is 0 Å². The average Bonchev–Trinajstić information content (AvgIpc) is 2.16. The Kier molecular flexibility index (Phi) is 3.32. The normalized spacial score (nSPS) is 9.50. The first-order valence-corrected chi connectivity index (χ1v) is 6.06. The predicted molar refractivity (Wildman–Crippen MR) is 49.6 cm³/mol. The molecule has 1 aromatic carbocycles. The molecule has 64 valence electrons. The molecule has 1 rings (SSSR count). The van der Waals surface area contributed by atoms with Crippen LogP contribution in [0.1, 0.15) is 10.4 Å². The van der Waals surface area contributed by atoms with E-state index in [1.165, 1.54) is 0 Å². The molecule has 0 aliphatic carbocycles. The summed E-state index contributed by atoms with van der Waals surface area (Å²) in [6, 6.07) is 5.53. The number of hydrogen-bond acceptors (Lipinski definition) is 2. The van der Waals surface area contributed by atoms with Crippen molar-refractivity contribution < 1.29 is 9.53 Å². The molecule has 1 aromatic rings. The van der Waals surface area contributed by atoms with E-state index in [0.717, 1.165) is 22.1 Å². The SMILES string of the molecule is COc1cccc(C=O)c1[Se]C. The minimum absolute atomic E-state index is 0.294. The average molecular weight is 229 g/mol. The van der Waals surface area contributed by atoms with Crippen LogP contribution in [0.4, 0.5) is 0 Å². The first kappa shape index (κ1) is 9.30. The van der Waals surface area contributed by atoms with Crippen molar-refractivity contribution in [2.75, 3.05) is 7.11 Å². The molecule has 0 saturated heterocycles. The molecular weight excluding hydrogens is 219 g/mol. The van der Waals surface area contributed by atoms with Gasteiger partial charge in [-0.2, -0.15) is 0 Å². The Bertz CT molecular complexity index is 284. The molecule has 0 unspecified atom stereocenters. The van der Waals surface area contributed by atoms with Gasteiger partial charge in [0.15, 0.2) is 0 Å². The van der Waals surface area contributed by atoms with E-state index in [-0.39, 0.29) is 0 Å². The summed E-state index contributed by atoms with van der Waals surface area (Å²) >= 11 is 0.294. The number of aldehydes is 1. The fraction of sp³-hybridized carbons (Fsp3) is 0.222. The van der Waals surface area contributed by atoms with Gasteiger partial charge >= 0.3 is 77.7 Å². The van der Waals surface area contributed by atoms with Gasteiger partial charge in [-0.25, -0.2) is 0 Å². The van der Waals surface area contributed by atoms with E-state index >= 15 is 0 Å². The molecule has 0 N–H and O–H groups in total. The fourth-order valence-corrected chi connectivity index (χ4v) is 2.48. The van der Waals surface area contributed by atoms with Gasteiger partial charge < -0.3 is 0 Å². The number of carbonyl (C=O) groups is 1. The van der Waals surface area contributed by atoms with E-state index in [4.69, 9.17) is 4.74 Å². The zero-order valence-electron chi connectivity index (χ0n) is 7.03. The second-order valence-corrected chi connectivity index (χ2v) is 3.91. The predicted octanol–water partition coefficient (Wildman–Crippen LogP) is 0.885. The van der Waals surface area contributed by atoms with Crippen LogP contribution in [-0.4, -0.2) is 28.4 Å². The number of ether oxygens (including phenoxy) is 1. The van der Waals surface area contributed by atoms with Crippen LogP contribution in [0.3, 0.4) is 0 Å². The minimum atomic E-state index is 0.294.